The Kier molecular flexibility index (Phi) is 7.82. The number of rotatable bonds is 10. The van der Waals surface area contributed by atoms with Gasteiger partial charge in [-0.3, -0.25) is 4.79 Å². The van der Waals surface area contributed by atoms with Gasteiger partial charge in [0.1, 0.15) is 5.82 Å². The highest BCUT2D eigenvalue weighted by atomic mass is 32.1. The molecule has 1 saturated heterocycles. The van der Waals surface area contributed by atoms with E-state index in [4.69, 9.17) is 9.97 Å². The van der Waals surface area contributed by atoms with Crippen molar-refractivity contribution in [2.75, 3.05) is 31.1 Å². The summed E-state index contributed by atoms with van der Waals surface area (Å²) in [6.07, 6.45) is 5.75. The molecule has 0 bridgehead atoms. The number of anilines is 1. The zero-order chi connectivity index (χ0) is 26.6. The molecule has 0 N–H and O–H groups in total. The molecule has 5 heterocycles. The lowest BCUT2D eigenvalue weighted by Crippen LogP contribution is -2.33. The van der Waals surface area contributed by atoms with Gasteiger partial charge in [0.15, 0.2) is 11.4 Å². The number of carbonyl (C=O) groups excluding carboxylic acids is 1. The number of ketones is 1. The first-order chi connectivity index (χ1) is 18.5. The van der Waals surface area contributed by atoms with Gasteiger partial charge in [0.05, 0.1) is 40.0 Å². The van der Waals surface area contributed by atoms with E-state index in [1.807, 2.05) is 41.9 Å². The number of hydrogen-bond acceptors (Lipinski definition) is 8. The highest BCUT2D eigenvalue weighted by Gasteiger charge is 2.25. The molecule has 38 heavy (non-hydrogen) atoms. The monoisotopic (exact) mass is 527 g/mol. The summed E-state index contributed by atoms with van der Waals surface area (Å²) in [4.78, 5) is 28.9. The van der Waals surface area contributed by atoms with E-state index in [0.29, 0.717) is 35.9 Å². The van der Waals surface area contributed by atoms with E-state index in [-0.39, 0.29) is 11.7 Å². The molecule has 1 fully saturated rings. The fourth-order valence-electron chi connectivity index (χ4n) is 5.18. The van der Waals surface area contributed by atoms with Crippen LogP contribution in [0.1, 0.15) is 50.4 Å². The Bertz CT molecular complexity index is 1450. The third-order valence-electron chi connectivity index (χ3n) is 7.47. The van der Waals surface area contributed by atoms with Crippen LogP contribution in [0, 0.1) is 17.2 Å². The molecule has 4 aromatic rings. The summed E-state index contributed by atoms with van der Waals surface area (Å²) in [5.41, 5.74) is 3.68. The van der Waals surface area contributed by atoms with Crippen molar-refractivity contribution in [1.82, 2.24) is 24.5 Å². The van der Waals surface area contributed by atoms with Gasteiger partial charge in [0.25, 0.3) is 0 Å². The van der Waals surface area contributed by atoms with Gasteiger partial charge in [-0.1, -0.05) is 19.9 Å². The largest absolute Gasteiger partial charge is 0.355 e. The first-order valence-corrected chi connectivity index (χ1v) is 14.2. The predicted octanol–water partition coefficient (Wildman–Crippen LogP) is 5.56. The van der Waals surface area contributed by atoms with Crippen molar-refractivity contribution in [3.05, 3.63) is 53.7 Å². The smallest absolute Gasteiger partial charge is 0.165 e. The second-order valence-corrected chi connectivity index (χ2v) is 10.8. The second kappa shape index (κ2) is 11.4. The van der Waals surface area contributed by atoms with E-state index >= 15 is 0 Å². The van der Waals surface area contributed by atoms with Crippen LogP contribution in [0.25, 0.3) is 27.5 Å². The molecular weight excluding hydrogens is 494 g/mol. The maximum Gasteiger partial charge on any atom is 0.165 e. The van der Waals surface area contributed by atoms with Gasteiger partial charge in [-0.05, 0) is 62.5 Å². The molecule has 196 valence electrons. The topological polar surface area (TPSA) is 90.4 Å². The summed E-state index contributed by atoms with van der Waals surface area (Å²) in [6, 6.07) is 12.5. The number of nitrogens with zero attached hydrogens (tertiary/aromatic N) is 7. The van der Waals surface area contributed by atoms with Crippen molar-refractivity contribution < 1.29 is 4.79 Å². The van der Waals surface area contributed by atoms with Gasteiger partial charge in [-0.15, -0.1) is 11.3 Å². The molecule has 2 atom stereocenters. The standard InChI is InChI=1S/C29H33N7OS/c1-4-34(5-2)20(3)8-9-26(37)22-15-25(32-28(16-22)35-12-10-21(17-30)19-35)23-18-31-36-13-11-24(33-29(23)36)27-7-6-14-38-27/h6-7,11,13-16,18,20-21H,4-5,8-10,12,19H2,1-3H3/t20-,21+/m0/s1. The normalized spacial score (nSPS) is 16.3. The Morgan fingerprint density at radius 1 is 1.24 bits per heavy atom. The van der Waals surface area contributed by atoms with Crippen LogP contribution in [-0.2, 0) is 0 Å². The van der Waals surface area contributed by atoms with E-state index in [2.05, 4.69) is 41.7 Å². The van der Waals surface area contributed by atoms with Crippen LogP contribution < -0.4 is 4.90 Å². The maximum atomic E-state index is 13.5. The molecule has 0 aliphatic carbocycles. The number of hydrogen-bond donors (Lipinski definition) is 0. The number of Topliss-reactive ketones (excluding diaryl/α,β-unsaturated/α-hetero) is 1. The van der Waals surface area contributed by atoms with E-state index in [0.717, 1.165) is 54.4 Å². The molecule has 0 aromatic carbocycles. The van der Waals surface area contributed by atoms with Crippen LogP contribution in [0.15, 0.2) is 48.1 Å². The van der Waals surface area contributed by atoms with Crippen LogP contribution in [0.4, 0.5) is 5.82 Å². The van der Waals surface area contributed by atoms with E-state index < -0.39 is 0 Å². The van der Waals surface area contributed by atoms with Crippen LogP contribution in [0.2, 0.25) is 0 Å². The number of fused-ring (bicyclic) bond motifs is 1. The highest BCUT2D eigenvalue weighted by Crippen LogP contribution is 2.31. The fourth-order valence-corrected chi connectivity index (χ4v) is 5.87. The Labute approximate surface area is 227 Å². The van der Waals surface area contributed by atoms with Crippen LogP contribution >= 0.6 is 11.3 Å². The summed E-state index contributed by atoms with van der Waals surface area (Å²) in [5, 5.41) is 16.0. The van der Waals surface area contributed by atoms with E-state index in [1.165, 1.54) is 0 Å². The minimum Gasteiger partial charge on any atom is -0.355 e. The molecule has 0 saturated carbocycles. The van der Waals surface area contributed by atoms with Gasteiger partial charge in [-0.25, -0.2) is 14.5 Å². The lowest BCUT2D eigenvalue weighted by Gasteiger charge is -2.26. The van der Waals surface area contributed by atoms with Gasteiger partial charge >= 0.3 is 0 Å². The first kappa shape index (κ1) is 26.0. The number of carbonyl (C=O) groups is 1. The molecule has 0 unspecified atom stereocenters. The zero-order valence-electron chi connectivity index (χ0n) is 22.2. The van der Waals surface area contributed by atoms with E-state index in [9.17, 15) is 10.1 Å². The molecule has 1 aliphatic heterocycles. The van der Waals surface area contributed by atoms with Gasteiger partial charge in [0, 0.05) is 37.3 Å². The summed E-state index contributed by atoms with van der Waals surface area (Å²) in [6.45, 7) is 9.81. The molecular formula is C29H33N7OS. The number of pyridine rings is 1. The van der Waals surface area contributed by atoms with E-state index in [1.54, 1.807) is 22.0 Å². The number of thiophene rings is 1. The Balaban J connectivity index is 1.51. The molecule has 0 amide bonds. The molecule has 8 nitrogen and oxygen atoms in total. The first-order valence-electron chi connectivity index (χ1n) is 13.3. The van der Waals surface area contributed by atoms with Gasteiger partial charge in [-0.2, -0.15) is 10.4 Å². The molecule has 1 aliphatic rings. The Hall–Kier alpha value is -3.61. The molecule has 0 spiro atoms. The van der Waals surface area contributed by atoms with Crippen molar-refractivity contribution in [2.45, 2.75) is 46.1 Å². The zero-order valence-corrected chi connectivity index (χ0v) is 23.0. The summed E-state index contributed by atoms with van der Waals surface area (Å²) >= 11 is 1.64. The summed E-state index contributed by atoms with van der Waals surface area (Å²) in [5.74, 6) is 0.810. The molecule has 5 rings (SSSR count). The lowest BCUT2D eigenvalue weighted by molar-refractivity contribution is 0.0964. The number of aromatic nitrogens is 4. The molecule has 4 aromatic heterocycles. The predicted molar refractivity (Wildman–Crippen MR) is 151 cm³/mol. The van der Waals surface area contributed by atoms with Gasteiger partial charge < -0.3 is 9.80 Å². The van der Waals surface area contributed by atoms with Crippen LogP contribution in [0.3, 0.4) is 0 Å². The minimum absolute atomic E-state index is 0.0264. The van der Waals surface area contributed by atoms with Crippen molar-refractivity contribution in [3.8, 4) is 27.9 Å². The van der Waals surface area contributed by atoms with Crippen LogP contribution in [0.5, 0.6) is 0 Å². The SMILES string of the molecule is CCN(CC)[C@@H](C)CCC(=O)c1cc(-c2cnn3ccc(-c4cccs4)nc23)nc(N2CC[C@H](C#N)C2)c1. The average molecular weight is 528 g/mol. The summed E-state index contributed by atoms with van der Waals surface area (Å²) in [7, 11) is 0. The Morgan fingerprint density at radius 2 is 2.08 bits per heavy atom. The third-order valence-corrected chi connectivity index (χ3v) is 8.36. The highest BCUT2D eigenvalue weighted by molar-refractivity contribution is 7.13. The Morgan fingerprint density at radius 3 is 2.79 bits per heavy atom. The molecule has 0 radical (unpaired) electrons. The second-order valence-electron chi connectivity index (χ2n) is 9.81. The average Bonchev–Trinajstić information content (AvgIpc) is 3.72. The summed E-state index contributed by atoms with van der Waals surface area (Å²) < 4.78 is 1.75. The van der Waals surface area contributed by atoms with Crippen molar-refractivity contribution >= 4 is 28.6 Å². The lowest BCUT2D eigenvalue weighted by atomic mass is 10.0. The van der Waals surface area contributed by atoms with Crippen molar-refractivity contribution in [3.63, 3.8) is 0 Å². The van der Waals surface area contributed by atoms with Crippen LogP contribution in [-0.4, -0.2) is 62.5 Å². The third kappa shape index (κ3) is 5.33. The maximum absolute atomic E-state index is 13.5. The molecule has 9 heteroatoms. The minimum atomic E-state index is -0.0264. The quantitative estimate of drug-likeness (QED) is 0.249. The van der Waals surface area contributed by atoms with Crippen molar-refractivity contribution in [1.29, 1.82) is 5.26 Å². The van der Waals surface area contributed by atoms with Crippen molar-refractivity contribution in [2.24, 2.45) is 5.92 Å². The van der Waals surface area contributed by atoms with Gasteiger partial charge in [0.2, 0.25) is 0 Å². The fraction of sp³-hybridized carbons (Fsp3) is 0.414. The number of nitriles is 1.